The van der Waals surface area contributed by atoms with Gasteiger partial charge < -0.3 is 20.3 Å². The summed E-state index contributed by atoms with van der Waals surface area (Å²) >= 11 is 5.34. The third-order valence-corrected chi connectivity index (χ3v) is 4.49. The highest BCUT2D eigenvalue weighted by molar-refractivity contribution is 7.80. The normalized spacial score (nSPS) is 14.1. The number of aryl methyl sites for hydroxylation is 2. The molecule has 2 aromatic rings. The third kappa shape index (κ3) is 6.11. The van der Waals surface area contributed by atoms with Gasteiger partial charge >= 0.3 is 0 Å². The number of halogens is 1. The van der Waals surface area contributed by atoms with Crippen LogP contribution >= 0.6 is 12.2 Å². The number of benzene rings is 1. The van der Waals surface area contributed by atoms with Gasteiger partial charge in [-0.1, -0.05) is 12.1 Å². The Bertz CT molecular complexity index is 765. The molecule has 2 N–H and O–H groups in total. The van der Waals surface area contributed by atoms with Crippen LogP contribution in [-0.2, 0) is 11.2 Å². The van der Waals surface area contributed by atoms with Gasteiger partial charge in [0.25, 0.3) is 0 Å². The van der Waals surface area contributed by atoms with E-state index >= 15 is 0 Å². The molecular weight excluding hydrogens is 365 g/mol. The summed E-state index contributed by atoms with van der Waals surface area (Å²) in [6, 6.07) is 8.54. The lowest BCUT2D eigenvalue weighted by molar-refractivity contribution is 0.122. The third-order valence-electron chi connectivity index (χ3n) is 4.24. The first-order valence-corrected chi connectivity index (χ1v) is 9.49. The lowest BCUT2D eigenvalue weighted by atomic mass is 10.1. The van der Waals surface area contributed by atoms with Crippen LogP contribution in [0.4, 0.5) is 16.2 Å². The topological polar surface area (TPSA) is 62.3 Å². The summed E-state index contributed by atoms with van der Waals surface area (Å²) in [5.41, 5.74) is 1.99. The molecule has 27 heavy (non-hydrogen) atoms. The first-order chi connectivity index (χ1) is 13.1. The number of aromatic nitrogens is 2. The van der Waals surface area contributed by atoms with E-state index in [2.05, 4.69) is 25.5 Å². The van der Waals surface area contributed by atoms with E-state index in [0.29, 0.717) is 30.8 Å². The Hall–Kier alpha value is -2.32. The van der Waals surface area contributed by atoms with E-state index in [1.807, 2.05) is 13.0 Å². The van der Waals surface area contributed by atoms with Crippen LogP contribution in [0.3, 0.4) is 0 Å². The van der Waals surface area contributed by atoms with Crippen LogP contribution in [0.25, 0.3) is 0 Å². The molecule has 0 aliphatic carbocycles. The van der Waals surface area contributed by atoms with Crippen LogP contribution in [0.2, 0.25) is 0 Å². The van der Waals surface area contributed by atoms with Crippen LogP contribution < -0.4 is 15.5 Å². The fourth-order valence-corrected chi connectivity index (χ4v) is 3.05. The lowest BCUT2D eigenvalue weighted by Gasteiger charge is -2.28. The smallest absolute Gasteiger partial charge is 0.231 e. The maximum absolute atomic E-state index is 12.9. The zero-order valence-corrected chi connectivity index (χ0v) is 16.2. The molecule has 3 rings (SSSR count). The Morgan fingerprint density at radius 2 is 1.96 bits per heavy atom. The van der Waals surface area contributed by atoms with Gasteiger partial charge in [0, 0.05) is 31.4 Å². The summed E-state index contributed by atoms with van der Waals surface area (Å²) in [7, 11) is 0. The van der Waals surface area contributed by atoms with Gasteiger partial charge in [-0.05, 0) is 49.7 Å². The van der Waals surface area contributed by atoms with Crippen molar-refractivity contribution in [3.8, 4) is 0 Å². The second kappa shape index (κ2) is 9.57. The Balaban J connectivity index is 1.47. The molecule has 144 valence electrons. The fourth-order valence-electron chi connectivity index (χ4n) is 2.85. The van der Waals surface area contributed by atoms with Crippen molar-refractivity contribution in [3.63, 3.8) is 0 Å². The average Bonchev–Trinajstić information content (AvgIpc) is 2.67. The number of rotatable bonds is 6. The molecule has 0 saturated carbocycles. The van der Waals surface area contributed by atoms with Gasteiger partial charge in [0.15, 0.2) is 5.11 Å². The Kier molecular flexibility index (Phi) is 6.89. The first kappa shape index (κ1) is 19.4. The number of morpholine rings is 1. The van der Waals surface area contributed by atoms with Gasteiger partial charge in [-0.15, -0.1) is 0 Å². The van der Waals surface area contributed by atoms with E-state index in [4.69, 9.17) is 17.0 Å². The molecule has 1 fully saturated rings. The molecule has 1 aliphatic heterocycles. The molecule has 0 radical (unpaired) electrons. The van der Waals surface area contributed by atoms with Crippen molar-refractivity contribution >= 4 is 29.1 Å². The lowest BCUT2D eigenvalue weighted by Crippen LogP contribution is -2.37. The number of hydrogen-bond donors (Lipinski definition) is 2. The zero-order chi connectivity index (χ0) is 19.1. The van der Waals surface area contributed by atoms with Crippen LogP contribution in [0, 0.1) is 12.7 Å². The van der Waals surface area contributed by atoms with E-state index in [0.717, 1.165) is 43.0 Å². The molecular formula is C19H24FN5OS. The largest absolute Gasteiger partial charge is 0.378 e. The van der Waals surface area contributed by atoms with Crippen molar-refractivity contribution < 1.29 is 9.13 Å². The van der Waals surface area contributed by atoms with Crippen LogP contribution in [0.15, 0.2) is 30.3 Å². The molecule has 2 heterocycles. The second-order valence-electron chi connectivity index (χ2n) is 6.40. The minimum Gasteiger partial charge on any atom is -0.378 e. The van der Waals surface area contributed by atoms with Crippen molar-refractivity contribution in [1.82, 2.24) is 15.3 Å². The maximum Gasteiger partial charge on any atom is 0.231 e. The van der Waals surface area contributed by atoms with Crippen LogP contribution in [0.1, 0.15) is 17.7 Å². The number of anilines is 2. The van der Waals surface area contributed by atoms with Gasteiger partial charge in [-0.2, -0.15) is 4.98 Å². The van der Waals surface area contributed by atoms with Gasteiger partial charge in [-0.25, -0.2) is 9.37 Å². The highest BCUT2D eigenvalue weighted by Crippen LogP contribution is 2.16. The number of thiocarbonyl (C=S) groups is 1. The molecule has 6 nitrogen and oxygen atoms in total. The minimum absolute atomic E-state index is 0.211. The first-order valence-electron chi connectivity index (χ1n) is 9.08. The predicted octanol–water partition coefficient (Wildman–Crippen LogP) is 2.68. The number of nitrogens with zero attached hydrogens (tertiary/aromatic N) is 3. The van der Waals surface area contributed by atoms with Crippen LogP contribution in [0.5, 0.6) is 0 Å². The van der Waals surface area contributed by atoms with Gasteiger partial charge in [-0.3, -0.25) is 0 Å². The molecule has 0 atom stereocenters. The summed E-state index contributed by atoms with van der Waals surface area (Å²) < 4.78 is 18.3. The molecule has 1 aliphatic rings. The Labute approximate surface area is 164 Å². The van der Waals surface area contributed by atoms with Gasteiger partial charge in [0.05, 0.1) is 13.2 Å². The summed E-state index contributed by atoms with van der Waals surface area (Å²) in [6.07, 6.45) is 1.75. The summed E-state index contributed by atoms with van der Waals surface area (Å²) in [4.78, 5) is 11.2. The molecule has 0 unspecified atom stereocenters. The maximum atomic E-state index is 12.9. The van der Waals surface area contributed by atoms with Gasteiger partial charge in [0.2, 0.25) is 5.95 Å². The highest BCUT2D eigenvalue weighted by Gasteiger charge is 2.14. The summed E-state index contributed by atoms with van der Waals surface area (Å²) in [5.74, 6) is 1.16. The predicted molar refractivity (Wildman–Crippen MR) is 109 cm³/mol. The molecule has 0 amide bonds. The van der Waals surface area contributed by atoms with Crippen LogP contribution in [-0.4, -0.2) is 47.9 Å². The molecule has 0 spiro atoms. The fraction of sp³-hybridized carbons (Fsp3) is 0.421. The van der Waals surface area contributed by atoms with Crippen molar-refractivity contribution in [2.75, 3.05) is 43.1 Å². The molecule has 1 aromatic heterocycles. The van der Waals surface area contributed by atoms with Crippen molar-refractivity contribution in [2.45, 2.75) is 19.8 Å². The monoisotopic (exact) mass is 389 g/mol. The van der Waals surface area contributed by atoms with Crippen molar-refractivity contribution in [2.24, 2.45) is 0 Å². The summed E-state index contributed by atoms with van der Waals surface area (Å²) in [5, 5.41) is 6.72. The van der Waals surface area contributed by atoms with Gasteiger partial charge in [0.1, 0.15) is 11.6 Å². The SMILES string of the molecule is Cc1cc(N2CCOCC2)nc(NC(=S)NCCCc2ccc(F)cc2)n1. The highest BCUT2D eigenvalue weighted by atomic mass is 32.1. The van der Waals surface area contributed by atoms with Crippen molar-refractivity contribution in [3.05, 3.63) is 47.4 Å². The van der Waals surface area contributed by atoms with E-state index in [1.165, 1.54) is 12.1 Å². The number of ether oxygens (including phenoxy) is 1. The van der Waals surface area contributed by atoms with Crippen molar-refractivity contribution in [1.29, 1.82) is 0 Å². The van der Waals surface area contributed by atoms with E-state index in [1.54, 1.807) is 12.1 Å². The quantitative estimate of drug-likeness (QED) is 0.582. The van der Waals surface area contributed by atoms with E-state index in [9.17, 15) is 4.39 Å². The van der Waals surface area contributed by atoms with E-state index in [-0.39, 0.29) is 5.82 Å². The minimum atomic E-state index is -0.211. The Morgan fingerprint density at radius 3 is 2.70 bits per heavy atom. The molecule has 1 aromatic carbocycles. The summed E-state index contributed by atoms with van der Waals surface area (Å²) in [6.45, 7) is 5.71. The van der Waals surface area contributed by atoms with E-state index < -0.39 is 0 Å². The second-order valence-corrected chi connectivity index (χ2v) is 6.81. The standard InChI is InChI=1S/C19H24FN5OS/c1-14-13-17(25-9-11-26-12-10-25)23-18(22-14)24-19(27)21-8-2-3-15-4-6-16(20)7-5-15/h4-7,13H,2-3,8-12H2,1H3,(H2,21,22,23,24,27). The molecule has 1 saturated heterocycles. The zero-order valence-electron chi connectivity index (χ0n) is 15.4. The molecule has 0 bridgehead atoms. The molecule has 8 heteroatoms. The Morgan fingerprint density at radius 1 is 1.22 bits per heavy atom. The average molecular weight is 390 g/mol. The number of nitrogens with one attached hydrogen (secondary N) is 2. The number of hydrogen-bond acceptors (Lipinski definition) is 5.